The molecule has 19 heavy (non-hydrogen) atoms. The maximum atomic E-state index is 11.6. The number of amides is 1. The van der Waals surface area contributed by atoms with E-state index in [1.54, 1.807) is 20.3 Å². The summed E-state index contributed by atoms with van der Waals surface area (Å²) in [5.41, 5.74) is 0.865. The van der Waals surface area contributed by atoms with Gasteiger partial charge in [-0.2, -0.15) is 0 Å². The van der Waals surface area contributed by atoms with Gasteiger partial charge in [0.15, 0.2) is 11.5 Å². The summed E-state index contributed by atoms with van der Waals surface area (Å²) < 4.78 is 11.9. The minimum Gasteiger partial charge on any atom is -0.493 e. The Balaban J connectivity index is 2.42. The number of carbonyl (C=O) groups is 1. The molecule has 0 saturated carbocycles. The highest BCUT2D eigenvalue weighted by Crippen LogP contribution is 2.35. The summed E-state index contributed by atoms with van der Waals surface area (Å²) in [5, 5.41) is 2.58. The van der Waals surface area contributed by atoms with Crippen LogP contribution in [-0.2, 0) is 4.79 Å². The van der Waals surface area contributed by atoms with Crippen LogP contribution in [0.5, 0.6) is 11.5 Å². The van der Waals surface area contributed by atoms with Crippen molar-refractivity contribution in [2.75, 3.05) is 14.2 Å². The lowest BCUT2D eigenvalue weighted by Crippen LogP contribution is -2.17. The van der Waals surface area contributed by atoms with E-state index in [0.717, 1.165) is 9.13 Å². The van der Waals surface area contributed by atoms with Crippen molar-refractivity contribution in [3.63, 3.8) is 0 Å². The number of rotatable bonds is 3. The van der Waals surface area contributed by atoms with Gasteiger partial charge in [0, 0.05) is 0 Å². The van der Waals surface area contributed by atoms with Gasteiger partial charge in [0.25, 0.3) is 5.91 Å². The highest BCUT2D eigenvalue weighted by atomic mass is 127. The quantitative estimate of drug-likeness (QED) is 0.475. The van der Waals surface area contributed by atoms with Gasteiger partial charge in [-0.3, -0.25) is 4.79 Å². The van der Waals surface area contributed by atoms with Crippen molar-refractivity contribution in [3.8, 4) is 11.5 Å². The molecule has 1 aliphatic heterocycles. The first-order valence-electron chi connectivity index (χ1n) is 5.21. The number of hydrogen-bond acceptors (Lipinski definition) is 5. The van der Waals surface area contributed by atoms with Gasteiger partial charge in [-0.25, -0.2) is 0 Å². The van der Waals surface area contributed by atoms with Crippen LogP contribution < -0.4 is 14.8 Å². The number of carbonyl (C=O) groups excluding carboxylic acids is 1. The molecule has 0 radical (unpaired) electrons. The lowest BCUT2D eigenvalue weighted by Gasteiger charge is -2.10. The van der Waals surface area contributed by atoms with Crippen LogP contribution in [0.4, 0.5) is 0 Å². The highest BCUT2D eigenvalue weighted by Gasteiger charge is 2.22. The molecule has 1 N–H and O–H groups in total. The van der Waals surface area contributed by atoms with E-state index in [1.807, 2.05) is 12.1 Å². The van der Waals surface area contributed by atoms with Gasteiger partial charge in [-0.05, 0) is 46.4 Å². The second-order valence-corrected chi connectivity index (χ2v) is 6.47. The third-order valence-corrected chi connectivity index (χ3v) is 4.36. The molecule has 1 heterocycles. The molecule has 100 valence electrons. The van der Waals surface area contributed by atoms with Crippen LogP contribution in [0.1, 0.15) is 5.56 Å². The number of thioether (sulfide) groups is 1. The number of benzene rings is 1. The fourth-order valence-corrected chi connectivity index (χ4v) is 3.48. The van der Waals surface area contributed by atoms with E-state index >= 15 is 0 Å². The summed E-state index contributed by atoms with van der Waals surface area (Å²) in [5.74, 6) is 1.15. The first-order valence-corrected chi connectivity index (χ1v) is 7.52. The van der Waals surface area contributed by atoms with Crippen molar-refractivity contribution >= 4 is 62.9 Å². The molecule has 1 aromatic rings. The Bertz CT molecular complexity index is 587. The van der Waals surface area contributed by atoms with Crippen LogP contribution in [0.2, 0.25) is 0 Å². The Hall–Kier alpha value is -0.800. The Kier molecular flexibility index (Phi) is 4.69. The minimum atomic E-state index is -0.167. The number of halogens is 1. The highest BCUT2D eigenvalue weighted by molar-refractivity contribution is 14.1. The van der Waals surface area contributed by atoms with E-state index < -0.39 is 0 Å². The molecule has 0 aromatic heterocycles. The number of ether oxygens (including phenoxy) is 2. The number of hydrogen-bond donors (Lipinski definition) is 1. The third-order valence-electron chi connectivity index (χ3n) is 2.40. The van der Waals surface area contributed by atoms with Crippen molar-refractivity contribution in [2.45, 2.75) is 0 Å². The zero-order chi connectivity index (χ0) is 14.0. The number of methoxy groups -OCH3 is 2. The maximum absolute atomic E-state index is 11.6. The van der Waals surface area contributed by atoms with Crippen LogP contribution in [0, 0.1) is 3.57 Å². The predicted molar refractivity (Wildman–Crippen MR) is 88.6 cm³/mol. The van der Waals surface area contributed by atoms with Crippen molar-refractivity contribution in [2.24, 2.45) is 0 Å². The van der Waals surface area contributed by atoms with Crippen LogP contribution in [-0.4, -0.2) is 24.4 Å². The van der Waals surface area contributed by atoms with E-state index in [2.05, 4.69) is 27.9 Å². The average molecular weight is 407 g/mol. The van der Waals surface area contributed by atoms with Crippen molar-refractivity contribution in [1.29, 1.82) is 0 Å². The summed E-state index contributed by atoms with van der Waals surface area (Å²) in [6, 6.07) is 3.74. The van der Waals surface area contributed by atoms with E-state index in [0.29, 0.717) is 20.7 Å². The van der Waals surface area contributed by atoms with Crippen LogP contribution in [0.25, 0.3) is 6.08 Å². The summed E-state index contributed by atoms with van der Waals surface area (Å²) in [6.45, 7) is 0. The SMILES string of the molecule is COc1cc(/C=C2\SC(=S)NC2=O)cc(I)c1OC. The summed E-state index contributed by atoms with van der Waals surface area (Å²) >= 11 is 8.37. The van der Waals surface area contributed by atoms with Crippen LogP contribution >= 0.6 is 46.6 Å². The third kappa shape index (κ3) is 3.21. The first kappa shape index (κ1) is 14.6. The minimum absolute atomic E-state index is 0.167. The first-order chi connectivity index (χ1) is 9.05. The molecule has 4 nitrogen and oxygen atoms in total. The van der Waals surface area contributed by atoms with Gasteiger partial charge >= 0.3 is 0 Å². The van der Waals surface area contributed by atoms with E-state index in [1.165, 1.54) is 11.8 Å². The zero-order valence-electron chi connectivity index (χ0n) is 10.2. The van der Waals surface area contributed by atoms with Gasteiger partial charge < -0.3 is 14.8 Å². The van der Waals surface area contributed by atoms with E-state index in [4.69, 9.17) is 21.7 Å². The van der Waals surface area contributed by atoms with Crippen molar-refractivity contribution in [1.82, 2.24) is 5.32 Å². The van der Waals surface area contributed by atoms with E-state index in [9.17, 15) is 4.79 Å². The number of thiocarbonyl (C=S) groups is 1. The molecule has 1 amide bonds. The molecular formula is C12H10INO3S2. The van der Waals surface area contributed by atoms with Gasteiger partial charge in [0.2, 0.25) is 0 Å². The normalized spacial score (nSPS) is 16.7. The molecule has 1 aromatic carbocycles. The van der Waals surface area contributed by atoms with Crippen molar-refractivity contribution < 1.29 is 14.3 Å². The molecule has 0 bridgehead atoms. The number of nitrogens with one attached hydrogen (secondary N) is 1. The molecule has 7 heteroatoms. The zero-order valence-corrected chi connectivity index (χ0v) is 13.9. The van der Waals surface area contributed by atoms with Crippen LogP contribution in [0.3, 0.4) is 0 Å². The maximum Gasteiger partial charge on any atom is 0.263 e. The van der Waals surface area contributed by atoms with Gasteiger partial charge in [-0.15, -0.1) is 0 Å². The summed E-state index contributed by atoms with van der Waals surface area (Å²) in [4.78, 5) is 12.2. The lowest BCUT2D eigenvalue weighted by molar-refractivity contribution is -0.115. The summed E-state index contributed by atoms with van der Waals surface area (Å²) in [7, 11) is 3.17. The lowest BCUT2D eigenvalue weighted by atomic mass is 10.2. The molecular weight excluding hydrogens is 397 g/mol. The molecule has 0 unspecified atom stereocenters. The molecule has 1 aliphatic rings. The Morgan fingerprint density at radius 3 is 2.63 bits per heavy atom. The van der Waals surface area contributed by atoms with Gasteiger partial charge in [0.1, 0.15) is 4.32 Å². The molecule has 0 atom stereocenters. The summed E-state index contributed by atoms with van der Waals surface area (Å²) in [6.07, 6.45) is 1.78. The smallest absolute Gasteiger partial charge is 0.263 e. The second-order valence-electron chi connectivity index (χ2n) is 3.59. The molecule has 1 saturated heterocycles. The largest absolute Gasteiger partial charge is 0.493 e. The van der Waals surface area contributed by atoms with Gasteiger partial charge in [0.05, 0.1) is 22.7 Å². The monoisotopic (exact) mass is 407 g/mol. The molecule has 0 spiro atoms. The fourth-order valence-electron chi connectivity index (χ4n) is 1.59. The molecule has 1 fully saturated rings. The second kappa shape index (κ2) is 6.10. The Morgan fingerprint density at radius 1 is 1.37 bits per heavy atom. The Morgan fingerprint density at radius 2 is 2.11 bits per heavy atom. The topological polar surface area (TPSA) is 47.6 Å². The Labute approximate surface area is 134 Å². The fraction of sp³-hybridized carbons (Fsp3) is 0.167. The van der Waals surface area contributed by atoms with Crippen LogP contribution in [0.15, 0.2) is 17.0 Å². The van der Waals surface area contributed by atoms with E-state index in [-0.39, 0.29) is 5.91 Å². The van der Waals surface area contributed by atoms with Gasteiger partial charge in [-0.1, -0.05) is 24.0 Å². The predicted octanol–water partition coefficient (Wildman–Crippen LogP) is 2.80. The molecule has 0 aliphatic carbocycles. The van der Waals surface area contributed by atoms with Crippen molar-refractivity contribution in [3.05, 3.63) is 26.2 Å². The average Bonchev–Trinajstić information content (AvgIpc) is 2.67. The standard InChI is InChI=1S/C12H10INO3S2/c1-16-8-4-6(3-7(13)10(8)17-2)5-9-11(15)14-12(18)19-9/h3-5H,1-2H3,(H,14,15,18)/b9-5-. The molecule has 2 rings (SSSR count).